The predicted octanol–water partition coefficient (Wildman–Crippen LogP) is 0.425. The van der Waals surface area contributed by atoms with Crippen LogP contribution in [0.5, 0.6) is 0 Å². The van der Waals surface area contributed by atoms with Gasteiger partial charge in [0.25, 0.3) is 0 Å². The fraction of sp³-hybridized carbons (Fsp3) is 1.00. The molecule has 2 unspecified atom stereocenters. The Bertz CT molecular complexity index is 317. The SMILES string of the molecule is CCCC1CNCCN1S(=O)(=O)CC(C)OC. The third-order valence-corrected chi connectivity index (χ3v) is 5.21. The summed E-state index contributed by atoms with van der Waals surface area (Å²) in [6.45, 7) is 5.93. The van der Waals surface area contributed by atoms with E-state index in [-0.39, 0.29) is 17.9 Å². The van der Waals surface area contributed by atoms with Crippen LogP contribution in [0, 0.1) is 0 Å². The van der Waals surface area contributed by atoms with Crippen molar-refractivity contribution in [1.82, 2.24) is 9.62 Å². The summed E-state index contributed by atoms with van der Waals surface area (Å²) in [4.78, 5) is 0. The second-order valence-corrected chi connectivity index (χ2v) is 6.55. The smallest absolute Gasteiger partial charge is 0.216 e. The summed E-state index contributed by atoms with van der Waals surface area (Å²) in [7, 11) is -1.65. The lowest BCUT2D eigenvalue weighted by Crippen LogP contribution is -2.54. The first kappa shape index (κ1) is 14.9. The van der Waals surface area contributed by atoms with Gasteiger partial charge in [-0.3, -0.25) is 0 Å². The van der Waals surface area contributed by atoms with Gasteiger partial charge in [-0.15, -0.1) is 0 Å². The van der Waals surface area contributed by atoms with Crippen molar-refractivity contribution in [3.8, 4) is 0 Å². The number of nitrogens with one attached hydrogen (secondary N) is 1. The Kier molecular flexibility index (Phi) is 5.85. The van der Waals surface area contributed by atoms with Crippen molar-refractivity contribution < 1.29 is 13.2 Å². The van der Waals surface area contributed by atoms with Gasteiger partial charge < -0.3 is 10.1 Å². The first-order valence-electron chi connectivity index (χ1n) is 6.24. The van der Waals surface area contributed by atoms with E-state index in [1.54, 1.807) is 18.3 Å². The highest BCUT2D eigenvalue weighted by Crippen LogP contribution is 2.16. The minimum Gasteiger partial charge on any atom is -0.381 e. The van der Waals surface area contributed by atoms with Crippen LogP contribution in [0.15, 0.2) is 0 Å². The minimum absolute atomic E-state index is 0.0731. The first-order chi connectivity index (χ1) is 8.01. The zero-order valence-corrected chi connectivity index (χ0v) is 11.8. The first-order valence-corrected chi connectivity index (χ1v) is 7.85. The standard InChI is InChI=1S/C11H24N2O3S/c1-4-5-11-8-12-6-7-13(11)17(14,15)9-10(2)16-3/h10-12H,4-9H2,1-3H3. The summed E-state index contributed by atoms with van der Waals surface area (Å²) in [6, 6.07) is 0.0998. The quantitative estimate of drug-likeness (QED) is 0.755. The molecule has 102 valence electrons. The molecule has 1 saturated heterocycles. The van der Waals surface area contributed by atoms with Crippen LogP contribution in [0.3, 0.4) is 0 Å². The van der Waals surface area contributed by atoms with Gasteiger partial charge in [0, 0.05) is 32.8 Å². The fourth-order valence-electron chi connectivity index (χ4n) is 2.15. The van der Waals surface area contributed by atoms with Crippen LogP contribution < -0.4 is 5.32 Å². The molecule has 0 spiro atoms. The van der Waals surface area contributed by atoms with Gasteiger partial charge in [0.15, 0.2) is 0 Å². The number of piperazine rings is 1. The highest BCUT2D eigenvalue weighted by molar-refractivity contribution is 7.89. The highest BCUT2D eigenvalue weighted by Gasteiger charge is 2.32. The van der Waals surface area contributed by atoms with E-state index >= 15 is 0 Å². The molecule has 0 aromatic carbocycles. The van der Waals surface area contributed by atoms with Gasteiger partial charge in [-0.25, -0.2) is 8.42 Å². The Morgan fingerprint density at radius 2 is 2.24 bits per heavy atom. The lowest BCUT2D eigenvalue weighted by Gasteiger charge is -2.35. The molecule has 0 radical (unpaired) electrons. The molecule has 1 aliphatic rings. The molecule has 6 heteroatoms. The summed E-state index contributed by atoms with van der Waals surface area (Å²) in [6.07, 6.45) is 1.66. The minimum atomic E-state index is -3.20. The van der Waals surface area contributed by atoms with Crippen LogP contribution in [-0.2, 0) is 14.8 Å². The van der Waals surface area contributed by atoms with Crippen LogP contribution in [0.1, 0.15) is 26.7 Å². The average Bonchev–Trinajstić information content (AvgIpc) is 2.29. The van der Waals surface area contributed by atoms with Crippen LogP contribution in [-0.4, -0.2) is 57.4 Å². The van der Waals surface area contributed by atoms with Crippen molar-refractivity contribution in [3.63, 3.8) is 0 Å². The zero-order valence-electron chi connectivity index (χ0n) is 11.0. The van der Waals surface area contributed by atoms with Crippen molar-refractivity contribution in [2.24, 2.45) is 0 Å². The maximum atomic E-state index is 12.3. The molecular formula is C11H24N2O3S. The molecule has 1 rings (SSSR count). The number of methoxy groups -OCH3 is 1. The Morgan fingerprint density at radius 3 is 2.82 bits per heavy atom. The van der Waals surface area contributed by atoms with E-state index in [0.29, 0.717) is 6.54 Å². The van der Waals surface area contributed by atoms with E-state index in [2.05, 4.69) is 12.2 Å². The molecule has 0 aromatic rings. The molecule has 17 heavy (non-hydrogen) atoms. The number of hydrogen-bond acceptors (Lipinski definition) is 4. The molecule has 1 heterocycles. The van der Waals surface area contributed by atoms with Crippen molar-refractivity contribution in [1.29, 1.82) is 0 Å². The van der Waals surface area contributed by atoms with E-state index in [0.717, 1.165) is 25.9 Å². The third kappa shape index (κ3) is 4.21. The van der Waals surface area contributed by atoms with Gasteiger partial charge in [0.2, 0.25) is 10.0 Å². The van der Waals surface area contributed by atoms with Crippen LogP contribution in [0.25, 0.3) is 0 Å². The van der Waals surface area contributed by atoms with Crippen LogP contribution in [0.2, 0.25) is 0 Å². The summed E-state index contributed by atoms with van der Waals surface area (Å²) in [5.41, 5.74) is 0. The molecule has 2 atom stereocenters. The Balaban J connectivity index is 2.72. The Hall–Kier alpha value is -0.170. The third-order valence-electron chi connectivity index (χ3n) is 3.12. The Labute approximate surface area is 105 Å². The molecule has 0 amide bonds. The molecule has 1 N–H and O–H groups in total. The second kappa shape index (κ2) is 6.68. The number of rotatable bonds is 6. The average molecular weight is 264 g/mol. The van der Waals surface area contributed by atoms with Gasteiger partial charge in [0.1, 0.15) is 0 Å². The van der Waals surface area contributed by atoms with Gasteiger partial charge >= 0.3 is 0 Å². The molecule has 1 fully saturated rings. The summed E-state index contributed by atoms with van der Waals surface area (Å²) in [5.74, 6) is 0.0731. The normalized spacial score (nSPS) is 24.8. The van der Waals surface area contributed by atoms with E-state index in [1.165, 1.54) is 0 Å². The van der Waals surface area contributed by atoms with E-state index in [4.69, 9.17) is 4.74 Å². The maximum absolute atomic E-state index is 12.3. The molecule has 0 bridgehead atoms. The molecule has 1 aliphatic heterocycles. The molecule has 0 aliphatic carbocycles. The van der Waals surface area contributed by atoms with Crippen molar-refractivity contribution in [3.05, 3.63) is 0 Å². The molecule has 0 aromatic heterocycles. The lowest BCUT2D eigenvalue weighted by molar-refractivity contribution is 0.133. The van der Waals surface area contributed by atoms with Gasteiger partial charge in [-0.05, 0) is 13.3 Å². The summed E-state index contributed by atoms with van der Waals surface area (Å²) in [5, 5.41) is 3.25. The maximum Gasteiger partial charge on any atom is 0.216 e. The molecule has 5 nitrogen and oxygen atoms in total. The van der Waals surface area contributed by atoms with Gasteiger partial charge in [-0.2, -0.15) is 4.31 Å². The van der Waals surface area contributed by atoms with E-state index in [1.807, 2.05) is 0 Å². The number of ether oxygens (including phenoxy) is 1. The number of hydrogen-bond donors (Lipinski definition) is 1. The van der Waals surface area contributed by atoms with Crippen LogP contribution >= 0.6 is 0 Å². The van der Waals surface area contributed by atoms with Crippen molar-refractivity contribution in [2.45, 2.75) is 38.8 Å². The lowest BCUT2D eigenvalue weighted by atomic mass is 10.1. The second-order valence-electron chi connectivity index (χ2n) is 4.58. The predicted molar refractivity (Wildman–Crippen MR) is 68.5 cm³/mol. The monoisotopic (exact) mass is 264 g/mol. The van der Waals surface area contributed by atoms with Crippen LogP contribution in [0.4, 0.5) is 0 Å². The number of sulfonamides is 1. The van der Waals surface area contributed by atoms with E-state index in [9.17, 15) is 8.42 Å². The molecule has 0 saturated carbocycles. The topological polar surface area (TPSA) is 58.6 Å². The number of nitrogens with zero attached hydrogens (tertiary/aromatic N) is 1. The summed E-state index contributed by atoms with van der Waals surface area (Å²) >= 11 is 0. The summed E-state index contributed by atoms with van der Waals surface area (Å²) < 4.78 is 31.2. The zero-order chi connectivity index (χ0) is 12.9. The fourth-order valence-corrected chi connectivity index (χ4v) is 4.07. The van der Waals surface area contributed by atoms with E-state index < -0.39 is 10.0 Å². The van der Waals surface area contributed by atoms with Gasteiger partial charge in [-0.1, -0.05) is 13.3 Å². The Morgan fingerprint density at radius 1 is 1.53 bits per heavy atom. The largest absolute Gasteiger partial charge is 0.381 e. The van der Waals surface area contributed by atoms with Gasteiger partial charge in [0.05, 0.1) is 11.9 Å². The molecular weight excluding hydrogens is 240 g/mol. The highest BCUT2D eigenvalue weighted by atomic mass is 32.2. The van der Waals surface area contributed by atoms with Crippen molar-refractivity contribution >= 4 is 10.0 Å². The van der Waals surface area contributed by atoms with Crippen molar-refractivity contribution in [2.75, 3.05) is 32.5 Å².